The molecule has 0 heterocycles. The number of primary sulfonamides is 1. The highest BCUT2D eigenvalue weighted by Crippen LogP contribution is 2.26. The Morgan fingerprint density at radius 3 is 2.15 bits per heavy atom. The highest BCUT2D eigenvalue weighted by atomic mass is 32.2. The van der Waals surface area contributed by atoms with Gasteiger partial charge in [-0.3, -0.25) is 0 Å². The van der Waals surface area contributed by atoms with Gasteiger partial charge in [0.25, 0.3) is 0 Å². The van der Waals surface area contributed by atoms with Crippen molar-refractivity contribution in [2.24, 2.45) is 5.14 Å². The third kappa shape index (κ3) is 3.53. The lowest BCUT2D eigenvalue weighted by atomic mass is 10.2. The van der Waals surface area contributed by atoms with Gasteiger partial charge < -0.3 is 4.74 Å². The van der Waals surface area contributed by atoms with Crippen LogP contribution in [0, 0.1) is 6.92 Å². The maximum atomic E-state index is 11.3. The topological polar surface area (TPSA) is 69.4 Å². The van der Waals surface area contributed by atoms with E-state index in [2.05, 4.69) is 0 Å². The fraction of sp³-hybridized carbons (Fsp3) is 0.143. The lowest BCUT2D eigenvalue weighted by Gasteiger charge is -2.09. The minimum absolute atomic E-state index is 0.114. The van der Waals surface area contributed by atoms with Crippen molar-refractivity contribution in [1.29, 1.82) is 0 Å². The van der Waals surface area contributed by atoms with Crippen LogP contribution in [0.2, 0.25) is 0 Å². The van der Waals surface area contributed by atoms with Gasteiger partial charge in [-0.15, -0.1) is 11.8 Å². The van der Waals surface area contributed by atoms with Gasteiger partial charge >= 0.3 is 0 Å². The van der Waals surface area contributed by atoms with E-state index in [4.69, 9.17) is 9.88 Å². The maximum Gasteiger partial charge on any atom is 0.238 e. The molecule has 2 rings (SSSR count). The molecule has 6 heteroatoms. The molecule has 0 amide bonds. The zero-order valence-electron chi connectivity index (χ0n) is 11.2. The van der Waals surface area contributed by atoms with Crippen LogP contribution in [0.15, 0.2) is 52.3 Å². The first-order valence-electron chi connectivity index (χ1n) is 5.85. The predicted octanol–water partition coefficient (Wildman–Crippen LogP) is 3.16. The number of hydrogen-bond donors (Lipinski definition) is 1. The van der Waals surface area contributed by atoms with Crippen LogP contribution >= 0.6 is 11.8 Å². The van der Waals surface area contributed by atoms with Crippen LogP contribution in [-0.4, -0.2) is 14.7 Å². The Kier molecular flexibility index (Phi) is 4.37. The molecule has 0 aliphatic carbocycles. The van der Waals surface area contributed by atoms with E-state index in [0.717, 1.165) is 4.90 Å². The van der Waals surface area contributed by atoms with Crippen molar-refractivity contribution in [2.75, 3.05) is 6.26 Å². The number of thioether (sulfide) groups is 1. The van der Waals surface area contributed by atoms with E-state index >= 15 is 0 Å². The largest absolute Gasteiger partial charge is 0.457 e. The van der Waals surface area contributed by atoms with Gasteiger partial charge in [0.15, 0.2) is 0 Å². The Hall–Kier alpha value is -1.50. The molecule has 0 saturated heterocycles. The van der Waals surface area contributed by atoms with Gasteiger partial charge in [0, 0.05) is 4.90 Å². The normalized spacial score (nSPS) is 11.3. The molecule has 0 atom stereocenters. The second-order valence-electron chi connectivity index (χ2n) is 4.25. The minimum atomic E-state index is -3.69. The lowest BCUT2D eigenvalue weighted by molar-refractivity contribution is 0.481. The number of ether oxygens (including phenoxy) is 1. The first-order valence-corrected chi connectivity index (χ1v) is 8.62. The summed E-state index contributed by atoms with van der Waals surface area (Å²) in [7, 11) is -3.69. The summed E-state index contributed by atoms with van der Waals surface area (Å²) in [5.41, 5.74) is 0.561. The van der Waals surface area contributed by atoms with Gasteiger partial charge in [0.1, 0.15) is 11.5 Å². The molecule has 0 saturated carbocycles. The summed E-state index contributed by atoms with van der Waals surface area (Å²) in [5.74, 6) is 1.28. The van der Waals surface area contributed by atoms with Gasteiger partial charge in [-0.2, -0.15) is 0 Å². The van der Waals surface area contributed by atoms with Crippen LogP contribution in [0.4, 0.5) is 0 Å². The monoisotopic (exact) mass is 309 g/mol. The summed E-state index contributed by atoms with van der Waals surface area (Å²) in [6.45, 7) is 1.68. The van der Waals surface area contributed by atoms with Crippen LogP contribution in [0.5, 0.6) is 11.5 Å². The second kappa shape index (κ2) is 5.87. The summed E-state index contributed by atoms with van der Waals surface area (Å²) >= 11 is 1.65. The Morgan fingerprint density at radius 1 is 1.05 bits per heavy atom. The van der Waals surface area contributed by atoms with E-state index in [1.54, 1.807) is 30.8 Å². The van der Waals surface area contributed by atoms with Gasteiger partial charge in [0.2, 0.25) is 10.0 Å². The van der Waals surface area contributed by atoms with Crippen LogP contribution in [0.1, 0.15) is 5.56 Å². The number of benzene rings is 2. The van der Waals surface area contributed by atoms with Crippen molar-refractivity contribution in [2.45, 2.75) is 16.7 Å². The Labute approximate surface area is 123 Å². The van der Waals surface area contributed by atoms with Gasteiger partial charge in [-0.25, -0.2) is 13.6 Å². The molecule has 0 radical (unpaired) electrons. The van der Waals surface area contributed by atoms with E-state index in [0.29, 0.717) is 17.1 Å². The first kappa shape index (κ1) is 14.9. The molecule has 2 N–H and O–H groups in total. The van der Waals surface area contributed by atoms with Crippen LogP contribution in [0.25, 0.3) is 0 Å². The second-order valence-corrected chi connectivity index (χ2v) is 6.66. The van der Waals surface area contributed by atoms with Gasteiger partial charge in [-0.05, 0) is 61.2 Å². The minimum Gasteiger partial charge on any atom is -0.457 e. The highest BCUT2D eigenvalue weighted by molar-refractivity contribution is 7.98. The molecular weight excluding hydrogens is 294 g/mol. The fourth-order valence-electron chi connectivity index (χ4n) is 1.78. The van der Waals surface area contributed by atoms with Crippen LogP contribution in [0.3, 0.4) is 0 Å². The standard InChI is InChI=1S/C14H15NO3S2/c1-10-9-12(5-8-14(10)20(15,16)17)18-11-3-6-13(19-2)7-4-11/h3-9H,1-2H3,(H2,15,16,17). The smallest absolute Gasteiger partial charge is 0.238 e. The van der Waals surface area contributed by atoms with E-state index < -0.39 is 10.0 Å². The van der Waals surface area contributed by atoms with E-state index in [-0.39, 0.29) is 4.90 Å². The quantitative estimate of drug-likeness (QED) is 0.881. The van der Waals surface area contributed by atoms with Crippen LogP contribution in [-0.2, 0) is 10.0 Å². The molecule has 0 unspecified atom stereocenters. The van der Waals surface area contributed by atoms with Crippen LogP contribution < -0.4 is 9.88 Å². The molecule has 4 nitrogen and oxygen atoms in total. The van der Waals surface area contributed by atoms with E-state index in [1.807, 2.05) is 30.5 Å². The van der Waals surface area contributed by atoms with Crippen molar-refractivity contribution in [3.63, 3.8) is 0 Å². The number of hydrogen-bond acceptors (Lipinski definition) is 4. The molecule has 20 heavy (non-hydrogen) atoms. The predicted molar refractivity (Wildman–Crippen MR) is 80.8 cm³/mol. The molecule has 0 aliphatic heterocycles. The SMILES string of the molecule is CSc1ccc(Oc2ccc(S(N)(=O)=O)c(C)c2)cc1. The molecule has 0 bridgehead atoms. The molecule has 0 aliphatic rings. The Morgan fingerprint density at radius 2 is 1.65 bits per heavy atom. The fourth-order valence-corrected chi connectivity index (χ4v) is 2.96. The Balaban J connectivity index is 2.24. The van der Waals surface area contributed by atoms with Crippen molar-refractivity contribution >= 4 is 21.8 Å². The lowest BCUT2D eigenvalue weighted by Crippen LogP contribution is -2.13. The summed E-state index contributed by atoms with van der Waals surface area (Å²) < 4.78 is 28.3. The summed E-state index contributed by atoms with van der Waals surface area (Å²) in [5, 5.41) is 5.12. The Bertz CT molecular complexity index is 710. The third-order valence-corrected chi connectivity index (χ3v) is 4.56. The number of aryl methyl sites for hydroxylation is 1. The summed E-state index contributed by atoms with van der Waals surface area (Å²) in [4.78, 5) is 1.26. The van der Waals surface area contributed by atoms with Crippen molar-refractivity contribution in [1.82, 2.24) is 0 Å². The number of nitrogens with two attached hydrogens (primary N) is 1. The average Bonchev–Trinajstić information content (AvgIpc) is 2.38. The van der Waals surface area contributed by atoms with Crippen molar-refractivity contribution in [3.8, 4) is 11.5 Å². The molecule has 0 fully saturated rings. The average molecular weight is 309 g/mol. The molecule has 0 spiro atoms. The summed E-state index contributed by atoms with van der Waals surface area (Å²) in [6.07, 6.45) is 2.01. The zero-order valence-corrected chi connectivity index (χ0v) is 12.8. The highest BCUT2D eigenvalue weighted by Gasteiger charge is 2.12. The van der Waals surface area contributed by atoms with Crippen molar-refractivity contribution in [3.05, 3.63) is 48.0 Å². The molecule has 2 aromatic carbocycles. The zero-order chi connectivity index (χ0) is 14.8. The van der Waals surface area contributed by atoms with E-state index in [1.165, 1.54) is 6.07 Å². The van der Waals surface area contributed by atoms with Crippen molar-refractivity contribution < 1.29 is 13.2 Å². The molecule has 2 aromatic rings. The molecular formula is C14H15NO3S2. The van der Waals surface area contributed by atoms with Gasteiger partial charge in [-0.1, -0.05) is 0 Å². The van der Waals surface area contributed by atoms with Gasteiger partial charge in [0.05, 0.1) is 4.90 Å². The van der Waals surface area contributed by atoms with E-state index in [9.17, 15) is 8.42 Å². The number of rotatable bonds is 4. The first-order chi connectivity index (χ1) is 9.40. The summed E-state index contributed by atoms with van der Waals surface area (Å²) in [6, 6.07) is 12.4. The number of sulfonamides is 1. The third-order valence-electron chi connectivity index (χ3n) is 2.75. The molecule has 0 aromatic heterocycles. The molecule has 106 valence electrons. The maximum absolute atomic E-state index is 11.3.